The van der Waals surface area contributed by atoms with E-state index in [1.54, 1.807) is 12.1 Å². The second-order valence-electron chi connectivity index (χ2n) is 2.36. The van der Waals surface area contributed by atoms with Crippen LogP contribution in [0.25, 0.3) is 0 Å². The van der Waals surface area contributed by atoms with E-state index < -0.39 is 4.92 Å². The summed E-state index contributed by atoms with van der Waals surface area (Å²) in [5.41, 5.74) is 0.408. The lowest BCUT2D eigenvalue weighted by Crippen LogP contribution is -1.97. The topological polar surface area (TPSA) is 52.4 Å². The van der Waals surface area contributed by atoms with Gasteiger partial charge in [-0.15, -0.1) is 11.6 Å². The van der Waals surface area contributed by atoms with Crippen LogP contribution in [0.2, 0.25) is 0 Å². The van der Waals surface area contributed by atoms with Gasteiger partial charge < -0.3 is 4.74 Å². The molecule has 1 aromatic rings. The van der Waals surface area contributed by atoms with Crippen LogP contribution in [0.1, 0.15) is 5.56 Å². The van der Waals surface area contributed by atoms with Gasteiger partial charge in [-0.2, -0.15) is 0 Å². The summed E-state index contributed by atoms with van der Waals surface area (Å²) in [6, 6.07) is 4.81. The fourth-order valence-corrected chi connectivity index (χ4v) is 1.26. The molecular weight excluding hydrogens is 194 g/mol. The third-order valence-electron chi connectivity index (χ3n) is 1.63. The van der Waals surface area contributed by atoms with Gasteiger partial charge >= 0.3 is 5.69 Å². The minimum Gasteiger partial charge on any atom is -0.490 e. The highest BCUT2D eigenvalue weighted by Gasteiger charge is 2.18. The van der Waals surface area contributed by atoms with Gasteiger partial charge in [0.2, 0.25) is 0 Å². The molecule has 0 aromatic heterocycles. The van der Waals surface area contributed by atoms with Crippen molar-refractivity contribution in [2.24, 2.45) is 0 Å². The van der Waals surface area contributed by atoms with Gasteiger partial charge in [0, 0.05) is 5.56 Å². The summed E-state index contributed by atoms with van der Waals surface area (Å²) in [5.74, 6) is 0.344. The molecule has 5 heteroatoms. The quantitative estimate of drug-likeness (QED) is 0.429. The number of nitro groups is 1. The van der Waals surface area contributed by atoms with Crippen molar-refractivity contribution in [2.75, 3.05) is 7.11 Å². The minimum absolute atomic E-state index is 0.0556. The van der Waals surface area contributed by atoms with Crippen LogP contribution < -0.4 is 4.74 Å². The van der Waals surface area contributed by atoms with E-state index in [1.165, 1.54) is 13.2 Å². The van der Waals surface area contributed by atoms with Crippen molar-refractivity contribution < 1.29 is 9.66 Å². The molecule has 4 nitrogen and oxygen atoms in total. The molecule has 0 spiro atoms. The third-order valence-corrected chi connectivity index (χ3v) is 1.92. The number of hydrogen-bond donors (Lipinski definition) is 0. The summed E-state index contributed by atoms with van der Waals surface area (Å²) in [7, 11) is 1.39. The Morgan fingerprint density at radius 3 is 2.77 bits per heavy atom. The van der Waals surface area contributed by atoms with Crippen LogP contribution in [0.5, 0.6) is 5.75 Å². The zero-order chi connectivity index (χ0) is 9.84. The molecule has 0 aliphatic rings. The predicted octanol–water partition coefficient (Wildman–Crippen LogP) is 2.34. The van der Waals surface area contributed by atoms with Crippen LogP contribution in [0.15, 0.2) is 18.2 Å². The van der Waals surface area contributed by atoms with Gasteiger partial charge in [0.25, 0.3) is 0 Å². The van der Waals surface area contributed by atoms with E-state index in [2.05, 4.69) is 0 Å². The molecule has 1 aromatic carbocycles. The number of para-hydroxylation sites is 1. The molecule has 0 heterocycles. The predicted molar refractivity (Wildman–Crippen MR) is 49.2 cm³/mol. The van der Waals surface area contributed by atoms with Crippen LogP contribution in [0, 0.1) is 10.1 Å². The van der Waals surface area contributed by atoms with Crippen molar-refractivity contribution >= 4 is 17.3 Å². The summed E-state index contributed by atoms with van der Waals surface area (Å²) in [4.78, 5) is 10.1. The van der Waals surface area contributed by atoms with Gasteiger partial charge in [-0.25, -0.2) is 0 Å². The zero-order valence-electron chi connectivity index (χ0n) is 6.99. The van der Waals surface area contributed by atoms with Crippen LogP contribution in [-0.4, -0.2) is 12.0 Å². The maximum atomic E-state index is 10.6. The van der Waals surface area contributed by atoms with Crippen LogP contribution >= 0.6 is 11.6 Å². The molecule has 0 fully saturated rings. The van der Waals surface area contributed by atoms with E-state index in [-0.39, 0.29) is 17.3 Å². The standard InChI is InChI=1S/C8H8ClNO3/c1-13-7-4-2-3-6(5-9)8(7)10(11)12/h2-4H,5H2,1H3. The first-order valence-corrected chi connectivity index (χ1v) is 4.10. The number of ether oxygens (including phenoxy) is 1. The molecule has 0 atom stereocenters. The highest BCUT2D eigenvalue weighted by molar-refractivity contribution is 6.17. The summed E-state index contributed by atoms with van der Waals surface area (Å²) < 4.78 is 4.85. The molecule has 0 saturated heterocycles. The van der Waals surface area contributed by atoms with Crippen LogP contribution in [0.3, 0.4) is 0 Å². The number of rotatable bonds is 3. The smallest absolute Gasteiger partial charge is 0.315 e. The molecule has 0 bridgehead atoms. The normalized spacial score (nSPS) is 9.69. The van der Waals surface area contributed by atoms with Crippen LogP contribution in [0.4, 0.5) is 5.69 Å². The molecule has 0 aliphatic heterocycles. The van der Waals surface area contributed by atoms with Gasteiger partial charge in [-0.3, -0.25) is 10.1 Å². The van der Waals surface area contributed by atoms with E-state index in [0.717, 1.165) is 0 Å². The van der Waals surface area contributed by atoms with Crippen molar-refractivity contribution in [2.45, 2.75) is 5.88 Å². The summed E-state index contributed by atoms with van der Waals surface area (Å²) in [6.07, 6.45) is 0. The molecule has 0 amide bonds. The Morgan fingerprint density at radius 1 is 1.62 bits per heavy atom. The number of nitrogens with zero attached hydrogens (tertiary/aromatic N) is 1. The maximum Gasteiger partial charge on any atom is 0.315 e. The molecule has 0 radical (unpaired) electrons. The van der Waals surface area contributed by atoms with E-state index in [1.807, 2.05) is 0 Å². The van der Waals surface area contributed by atoms with Gasteiger partial charge in [-0.1, -0.05) is 12.1 Å². The number of benzene rings is 1. The number of nitro benzene ring substituents is 1. The fraction of sp³-hybridized carbons (Fsp3) is 0.250. The van der Waals surface area contributed by atoms with Crippen LogP contribution in [-0.2, 0) is 5.88 Å². The Hall–Kier alpha value is -1.29. The Morgan fingerprint density at radius 2 is 2.31 bits per heavy atom. The molecule has 0 unspecified atom stereocenters. The van der Waals surface area contributed by atoms with Crippen molar-refractivity contribution in [1.82, 2.24) is 0 Å². The lowest BCUT2D eigenvalue weighted by atomic mass is 10.2. The van der Waals surface area contributed by atoms with Crippen molar-refractivity contribution in [1.29, 1.82) is 0 Å². The van der Waals surface area contributed by atoms with E-state index in [9.17, 15) is 10.1 Å². The summed E-state index contributed by atoms with van der Waals surface area (Å²) >= 11 is 5.55. The molecule has 0 N–H and O–H groups in total. The van der Waals surface area contributed by atoms with Gasteiger partial charge in [0.1, 0.15) is 0 Å². The summed E-state index contributed by atoms with van der Waals surface area (Å²) in [6.45, 7) is 0. The molecule has 0 saturated carbocycles. The Labute approximate surface area is 80.2 Å². The maximum absolute atomic E-state index is 10.6. The average molecular weight is 202 g/mol. The fourth-order valence-electron chi connectivity index (χ4n) is 1.05. The molecule has 0 aliphatic carbocycles. The van der Waals surface area contributed by atoms with Gasteiger partial charge in [0.05, 0.1) is 17.9 Å². The molecular formula is C8H8ClNO3. The minimum atomic E-state index is -0.490. The molecule has 70 valence electrons. The first-order chi connectivity index (χ1) is 6.20. The number of alkyl halides is 1. The second kappa shape index (κ2) is 4.09. The number of halogens is 1. The Balaban J connectivity index is 3.29. The Kier molecular flexibility index (Phi) is 3.08. The first kappa shape index (κ1) is 9.80. The van der Waals surface area contributed by atoms with E-state index in [4.69, 9.17) is 16.3 Å². The highest BCUT2D eigenvalue weighted by atomic mass is 35.5. The van der Waals surface area contributed by atoms with E-state index >= 15 is 0 Å². The zero-order valence-corrected chi connectivity index (χ0v) is 7.75. The monoisotopic (exact) mass is 201 g/mol. The van der Waals surface area contributed by atoms with E-state index in [0.29, 0.717) is 5.56 Å². The van der Waals surface area contributed by atoms with Gasteiger partial charge in [-0.05, 0) is 6.07 Å². The lowest BCUT2D eigenvalue weighted by Gasteiger charge is -2.03. The number of methoxy groups -OCH3 is 1. The largest absolute Gasteiger partial charge is 0.490 e. The highest BCUT2D eigenvalue weighted by Crippen LogP contribution is 2.31. The first-order valence-electron chi connectivity index (χ1n) is 3.57. The van der Waals surface area contributed by atoms with Crippen molar-refractivity contribution in [3.05, 3.63) is 33.9 Å². The lowest BCUT2D eigenvalue weighted by molar-refractivity contribution is -0.386. The SMILES string of the molecule is COc1cccc(CCl)c1[N+](=O)[O-]. The second-order valence-corrected chi connectivity index (χ2v) is 2.63. The molecule has 1 rings (SSSR count). The Bertz CT molecular complexity index is 305. The summed E-state index contributed by atoms with van der Waals surface area (Å²) in [5, 5.41) is 10.6. The third kappa shape index (κ3) is 1.89. The average Bonchev–Trinajstić information content (AvgIpc) is 2.16. The van der Waals surface area contributed by atoms with Crippen molar-refractivity contribution in [3.8, 4) is 5.75 Å². The molecule has 13 heavy (non-hydrogen) atoms. The van der Waals surface area contributed by atoms with Crippen molar-refractivity contribution in [3.63, 3.8) is 0 Å². The van der Waals surface area contributed by atoms with Gasteiger partial charge in [0.15, 0.2) is 5.75 Å². The number of hydrogen-bond acceptors (Lipinski definition) is 3.